The highest BCUT2D eigenvalue weighted by atomic mass is 19.4. The van der Waals surface area contributed by atoms with Crippen LogP contribution >= 0.6 is 0 Å². The van der Waals surface area contributed by atoms with E-state index in [0.717, 1.165) is 6.07 Å². The van der Waals surface area contributed by atoms with E-state index >= 15 is 0 Å². The minimum atomic E-state index is -4.54. The topological polar surface area (TPSA) is 55.6 Å². The largest absolute Gasteiger partial charge is 0.433 e. The summed E-state index contributed by atoms with van der Waals surface area (Å²) >= 11 is 0. The van der Waals surface area contributed by atoms with Crippen molar-refractivity contribution < 1.29 is 17.6 Å². The quantitative estimate of drug-likeness (QED) is 0.388. The summed E-state index contributed by atoms with van der Waals surface area (Å²) in [6.07, 6.45) is -3.05. The van der Waals surface area contributed by atoms with Crippen molar-refractivity contribution in [3.63, 3.8) is 0 Å². The van der Waals surface area contributed by atoms with Crippen molar-refractivity contribution in [2.24, 2.45) is 0 Å². The first kappa shape index (κ1) is 20.8. The van der Waals surface area contributed by atoms with Gasteiger partial charge in [0.2, 0.25) is 0 Å². The third kappa shape index (κ3) is 4.08. The van der Waals surface area contributed by atoms with Gasteiger partial charge in [0.25, 0.3) is 0 Å². The van der Waals surface area contributed by atoms with Crippen LogP contribution in [-0.2, 0) is 6.18 Å². The van der Waals surface area contributed by atoms with E-state index in [1.807, 2.05) is 31.4 Å². The molecule has 0 aliphatic heterocycles. The molecule has 1 aromatic carbocycles. The molecule has 0 saturated heterocycles. The van der Waals surface area contributed by atoms with Gasteiger partial charge in [-0.3, -0.25) is 0 Å². The number of nitrogens with one attached hydrogen (secondary N) is 1. The summed E-state index contributed by atoms with van der Waals surface area (Å²) < 4.78 is 55.4. The molecular formula is C22H19F4N5. The minimum absolute atomic E-state index is 0.00890. The van der Waals surface area contributed by atoms with Gasteiger partial charge in [-0.1, -0.05) is 6.07 Å². The van der Waals surface area contributed by atoms with Crippen LogP contribution in [0.3, 0.4) is 0 Å². The standard InChI is InChI=1S/C22H19F4N5/c1-12(2)31-13(3)28-21-16(23)9-15(10-17(21)31)14-7-8-27-20(11-14)30-19-6-4-5-18(29-19)22(24,25)26/h4-12H,1-3H3,(H,27,29,30). The van der Waals surface area contributed by atoms with Crippen molar-refractivity contribution in [2.75, 3.05) is 5.32 Å². The molecule has 0 atom stereocenters. The molecule has 0 saturated carbocycles. The fraction of sp³-hybridized carbons (Fsp3) is 0.227. The lowest BCUT2D eigenvalue weighted by Crippen LogP contribution is -2.09. The predicted molar refractivity (Wildman–Crippen MR) is 111 cm³/mol. The monoisotopic (exact) mass is 429 g/mol. The maximum Gasteiger partial charge on any atom is 0.433 e. The highest BCUT2D eigenvalue weighted by molar-refractivity contribution is 5.84. The summed E-state index contributed by atoms with van der Waals surface area (Å²) in [4.78, 5) is 12.1. The lowest BCUT2D eigenvalue weighted by atomic mass is 10.1. The number of aromatic nitrogens is 4. The fourth-order valence-corrected chi connectivity index (χ4v) is 3.56. The maximum atomic E-state index is 14.8. The van der Waals surface area contributed by atoms with E-state index in [0.29, 0.717) is 33.8 Å². The third-order valence-electron chi connectivity index (χ3n) is 4.83. The van der Waals surface area contributed by atoms with Crippen molar-refractivity contribution in [1.29, 1.82) is 0 Å². The van der Waals surface area contributed by atoms with E-state index in [1.165, 1.54) is 24.4 Å². The molecule has 9 heteroatoms. The van der Waals surface area contributed by atoms with Crippen molar-refractivity contribution >= 4 is 22.7 Å². The average Bonchev–Trinajstić information content (AvgIpc) is 3.04. The Morgan fingerprint density at radius 2 is 1.74 bits per heavy atom. The normalized spacial score (nSPS) is 12.0. The smallest absolute Gasteiger partial charge is 0.326 e. The summed E-state index contributed by atoms with van der Waals surface area (Å²) in [7, 11) is 0. The molecule has 3 aromatic heterocycles. The van der Waals surface area contributed by atoms with Crippen molar-refractivity contribution in [1.82, 2.24) is 19.5 Å². The van der Waals surface area contributed by atoms with Crippen LogP contribution in [0.15, 0.2) is 48.7 Å². The minimum Gasteiger partial charge on any atom is -0.326 e. The second-order valence-electron chi connectivity index (χ2n) is 7.41. The highest BCUT2D eigenvalue weighted by Crippen LogP contribution is 2.31. The number of fused-ring (bicyclic) bond motifs is 1. The predicted octanol–water partition coefficient (Wildman–Crippen LogP) is 6.28. The van der Waals surface area contributed by atoms with Crippen molar-refractivity contribution in [3.8, 4) is 11.1 Å². The first-order valence-electron chi connectivity index (χ1n) is 9.59. The van der Waals surface area contributed by atoms with Gasteiger partial charge in [0.1, 0.15) is 28.7 Å². The number of hydrogen-bond donors (Lipinski definition) is 1. The second kappa shape index (κ2) is 7.64. The maximum absolute atomic E-state index is 14.8. The molecule has 0 aliphatic carbocycles. The molecule has 0 spiro atoms. The first-order chi connectivity index (χ1) is 14.6. The van der Waals surface area contributed by atoms with Crippen LogP contribution in [0, 0.1) is 12.7 Å². The Hall–Kier alpha value is -3.49. The zero-order valence-electron chi connectivity index (χ0n) is 17.0. The number of aryl methyl sites for hydroxylation is 1. The zero-order valence-corrected chi connectivity index (χ0v) is 17.0. The molecule has 1 N–H and O–H groups in total. The Morgan fingerprint density at radius 3 is 2.45 bits per heavy atom. The lowest BCUT2D eigenvalue weighted by Gasteiger charge is -2.12. The van der Waals surface area contributed by atoms with E-state index in [9.17, 15) is 17.6 Å². The van der Waals surface area contributed by atoms with E-state index in [-0.39, 0.29) is 11.9 Å². The lowest BCUT2D eigenvalue weighted by molar-refractivity contribution is -0.141. The van der Waals surface area contributed by atoms with Crippen molar-refractivity contribution in [3.05, 3.63) is 66.0 Å². The van der Waals surface area contributed by atoms with Crippen LogP contribution in [0.4, 0.5) is 29.2 Å². The van der Waals surface area contributed by atoms with Gasteiger partial charge >= 0.3 is 6.18 Å². The number of nitrogens with zero attached hydrogens (tertiary/aromatic N) is 4. The summed E-state index contributed by atoms with van der Waals surface area (Å²) in [6, 6.07) is 10.2. The molecule has 0 radical (unpaired) electrons. The summed E-state index contributed by atoms with van der Waals surface area (Å²) in [6.45, 7) is 5.82. The molecule has 0 fully saturated rings. The molecule has 0 bridgehead atoms. The molecule has 3 heterocycles. The number of imidazole rings is 1. The Labute approximate surface area is 175 Å². The van der Waals surface area contributed by atoms with Crippen LogP contribution in [0.25, 0.3) is 22.2 Å². The number of alkyl halides is 3. The van der Waals surface area contributed by atoms with Crippen LogP contribution in [-0.4, -0.2) is 19.5 Å². The van der Waals surface area contributed by atoms with E-state index in [4.69, 9.17) is 0 Å². The summed E-state index contributed by atoms with van der Waals surface area (Å²) in [5, 5.41) is 2.78. The summed E-state index contributed by atoms with van der Waals surface area (Å²) in [5.74, 6) is 0.572. The number of pyridine rings is 2. The summed E-state index contributed by atoms with van der Waals surface area (Å²) in [5.41, 5.74) is 1.23. The third-order valence-corrected chi connectivity index (χ3v) is 4.83. The van der Waals surface area contributed by atoms with E-state index in [1.54, 1.807) is 12.1 Å². The molecule has 4 aromatic rings. The molecule has 0 amide bonds. The van der Waals surface area contributed by atoms with Gasteiger partial charge < -0.3 is 9.88 Å². The van der Waals surface area contributed by atoms with Crippen molar-refractivity contribution in [2.45, 2.75) is 33.0 Å². The van der Waals surface area contributed by atoms with Gasteiger partial charge in [0, 0.05) is 12.2 Å². The van der Waals surface area contributed by atoms with Crippen LogP contribution in [0.1, 0.15) is 31.4 Å². The second-order valence-corrected chi connectivity index (χ2v) is 7.41. The Balaban J connectivity index is 1.72. The number of rotatable bonds is 4. The van der Waals surface area contributed by atoms with Crippen LogP contribution in [0.5, 0.6) is 0 Å². The molecule has 4 rings (SSSR count). The molecule has 31 heavy (non-hydrogen) atoms. The van der Waals surface area contributed by atoms with Crippen LogP contribution in [0.2, 0.25) is 0 Å². The zero-order chi connectivity index (χ0) is 22.3. The molecule has 160 valence electrons. The Bertz CT molecular complexity index is 1260. The van der Waals surface area contributed by atoms with Gasteiger partial charge in [-0.05, 0) is 68.3 Å². The highest BCUT2D eigenvalue weighted by Gasteiger charge is 2.32. The average molecular weight is 429 g/mol. The van der Waals surface area contributed by atoms with Gasteiger partial charge in [-0.15, -0.1) is 0 Å². The van der Waals surface area contributed by atoms with Gasteiger partial charge in [0.15, 0.2) is 5.82 Å². The van der Waals surface area contributed by atoms with Crippen LogP contribution < -0.4 is 5.32 Å². The van der Waals surface area contributed by atoms with E-state index in [2.05, 4.69) is 20.3 Å². The molecule has 5 nitrogen and oxygen atoms in total. The molecule has 0 aliphatic rings. The fourth-order valence-electron chi connectivity index (χ4n) is 3.56. The number of hydrogen-bond acceptors (Lipinski definition) is 4. The number of halogens is 4. The Morgan fingerprint density at radius 1 is 0.968 bits per heavy atom. The number of benzene rings is 1. The molecular weight excluding hydrogens is 410 g/mol. The van der Waals surface area contributed by atoms with E-state index < -0.39 is 17.7 Å². The van der Waals surface area contributed by atoms with Gasteiger partial charge in [-0.25, -0.2) is 19.3 Å². The number of anilines is 2. The SMILES string of the molecule is Cc1nc2c(F)cc(-c3ccnc(Nc4cccc(C(F)(F)F)n4)c3)cc2n1C(C)C. The Kier molecular flexibility index (Phi) is 5.12. The van der Waals surface area contributed by atoms with Gasteiger partial charge in [0.05, 0.1) is 5.52 Å². The van der Waals surface area contributed by atoms with Gasteiger partial charge in [-0.2, -0.15) is 13.2 Å². The molecule has 0 unspecified atom stereocenters. The first-order valence-corrected chi connectivity index (χ1v) is 9.59.